The molecule has 0 radical (unpaired) electrons. The van der Waals surface area contributed by atoms with E-state index in [1.807, 2.05) is 30.6 Å². The van der Waals surface area contributed by atoms with E-state index in [1.54, 1.807) is 22.8 Å². The van der Waals surface area contributed by atoms with Crippen molar-refractivity contribution >= 4 is 51.6 Å². The molecule has 0 atom stereocenters. The molecule has 31 heavy (non-hydrogen) atoms. The van der Waals surface area contributed by atoms with E-state index in [2.05, 4.69) is 19.2 Å². The number of para-hydroxylation sites is 1. The summed E-state index contributed by atoms with van der Waals surface area (Å²) >= 11 is 11.9. The van der Waals surface area contributed by atoms with Gasteiger partial charge in [-0.15, -0.1) is 0 Å². The molecule has 1 heterocycles. The van der Waals surface area contributed by atoms with Crippen LogP contribution in [0.3, 0.4) is 0 Å². The highest BCUT2D eigenvalue weighted by atomic mass is 35.5. The molecule has 0 unspecified atom stereocenters. The average Bonchev–Trinajstić information content (AvgIpc) is 2.76. The molecule has 0 aliphatic heterocycles. The third-order valence-electron chi connectivity index (χ3n) is 4.69. The molecule has 0 fully saturated rings. The lowest BCUT2D eigenvalue weighted by Crippen LogP contribution is -2.38. The van der Waals surface area contributed by atoms with Crippen LogP contribution >= 0.6 is 23.8 Å². The summed E-state index contributed by atoms with van der Waals surface area (Å²) in [4.78, 5) is 10.7. The molecule has 2 aromatic carbocycles. The molecule has 0 aliphatic carbocycles. The first-order valence-electron chi connectivity index (χ1n) is 9.53. The molecule has 0 spiro atoms. The maximum Gasteiger partial charge on any atom is 0.288 e. The molecular formula is C23H21ClN3O3S+. The monoisotopic (exact) mass is 454 g/mol. The van der Waals surface area contributed by atoms with E-state index >= 15 is 0 Å². The average molecular weight is 455 g/mol. The number of aliphatic hydroxyl groups excluding tert-OH is 1. The number of pyridine rings is 1. The molecule has 3 aromatic rings. The van der Waals surface area contributed by atoms with E-state index in [4.69, 9.17) is 23.8 Å². The molecule has 1 aromatic heterocycles. The van der Waals surface area contributed by atoms with Crippen molar-refractivity contribution in [3.63, 3.8) is 0 Å². The van der Waals surface area contributed by atoms with Crippen LogP contribution in [0.4, 0.5) is 11.4 Å². The number of halogens is 1. The molecule has 6 nitrogen and oxygen atoms in total. The highest BCUT2D eigenvalue weighted by molar-refractivity contribution is 7.81. The van der Waals surface area contributed by atoms with Gasteiger partial charge in [-0.1, -0.05) is 49.8 Å². The first kappa shape index (κ1) is 22.4. The first-order chi connectivity index (χ1) is 14.8. The minimum Gasteiger partial charge on any atom is -0.502 e. The fourth-order valence-electron chi connectivity index (χ4n) is 2.94. The van der Waals surface area contributed by atoms with Crippen molar-refractivity contribution in [3.8, 4) is 0 Å². The van der Waals surface area contributed by atoms with Gasteiger partial charge in [-0.2, -0.15) is 4.57 Å². The number of nitro groups is 1. The first-order valence-corrected chi connectivity index (χ1v) is 10.3. The zero-order valence-electron chi connectivity index (χ0n) is 16.9. The SMILES string of the molecule is CC(C)c1cc[n+](/C(C(=S)Nc2ccccc2Cl)=C(\O)c2ccc([N+](=O)[O-])cc2)cc1. The van der Waals surface area contributed by atoms with Gasteiger partial charge >= 0.3 is 0 Å². The predicted octanol–water partition coefficient (Wildman–Crippen LogP) is 5.98. The van der Waals surface area contributed by atoms with Gasteiger partial charge in [0.2, 0.25) is 0 Å². The lowest BCUT2D eigenvalue weighted by Gasteiger charge is -2.12. The molecule has 3 rings (SSSR count). The van der Waals surface area contributed by atoms with Crippen LogP contribution in [0.25, 0.3) is 11.5 Å². The molecule has 158 valence electrons. The molecule has 0 aliphatic rings. The predicted molar refractivity (Wildman–Crippen MR) is 127 cm³/mol. The summed E-state index contributed by atoms with van der Waals surface area (Å²) in [5.41, 5.74) is 2.38. The third-order valence-corrected chi connectivity index (χ3v) is 5.32. The summed E-state index contributed by atoms with van der Waals surface area (Å²) in [6.07, 6.45) is 3.62. The van der Waals surface area contributed by atoms with Gasteiger partial charge < -0.3 is 10.4 Å². The number of benzene rings is 2. The normalized spacial score (nSPS) is 11.7. The van der Waals surface area contributed by atoms with Crippen LogP contribution in [-0.4, -0.2) is 15.0 Å². The summed E-state index contributed by atoms with van der Waals surface area (Å²) in [5.74, 6) is 0.222. The van der Waals surface area contributed by atoms with Crippen LogP contribution in [0.15, 0.2) is 73.1 Å². The number of nitro benzene ring substituents is 1. The Labute approximate surface area is 190 Å². The third kappa shape index (κ3) is 5.25. The zero-order chi connectivity index (χ0) is 22.5. The highest BCUT2D eigenvalue weighted by Crippen LogP contribution is 2.25. The van der Waals surface area contributed by atoms with Crippen LogP contribution < -0.4 is 9.88 Å². The van der Waals surface area contributed by atoms with Crippen molar-refractivity contribution in [2.75, 3.05) is 5.32 Å². The van der Waals surface area contributed by atoms with Crippen molar-refractivity contribution in [1.82, 2.24) is 0 Å². The summed E-state index contributed by atoms with van der Waals surface area (Å²) in [5, 5.41) is 25.6. The Morgan fingerprint density at radius 1 is 1.10 bits per heavy atom. The van der Waals surface area contributed by atoms with E-state index < -0.39 is 4.92 Å². The Morgan fingerprint density at radius 2 is 1.71 bits per heavy atom. The van der Waals surface area contributed by atoms with Crippen LogP contribution in [0.5, 0.6) is 0 Å². The summed E-state index contributed by atoms with van der Waals surface area (Å²) in [6, 6.07) is 16.7. The lowest BCUT2D eigenvalue weighted by molar-refractivity contribution is -0.575. The van der Waals surface area contributed by atoms with Gasteiger partial charge in [0.15, 0.2) is 23.1 Å². The Morgan fingerprint density at radius 3 is 2.26 bits per heavy atom. The molecule has 0 amide bonds. The van der Waals surface area contributed by atoms with Crippen molar-refractivity contribution in [2.45, 2.75) is 19.8 Å². The lowest BCUT2D eigenvalue weighted by atomic mass is 10.1. The summed E-state index contributed by atoms with van der Waals surface area (Å²) in [6.45, 7) is 4.18. The van der Waals surface area contributed by atoms with Crippen molar-refractivity contribution in [2.24, 2.45) is 0 Å². The molecular weight excluding hydrogens is 434 g/mol. The van der Waals surface area contributed by atoms with E-state index in [9.17, 15) is 15.2 Å². The minimum atomic E-state index is -0.492. The maximum absolute atomic E-state index is 11.1. The van der Waals surface area contributed by atoms with Crippen molar-refractivity contribution in [1.29, 1.82) is 0 Å². The van der Waals surface area contributed by atoms with Gasteiger partial charge in [0.25, 0.3) is 11.4 Å². The van der Waals surface area contributed by atoms with Gasteiger partial charge in [-0.3, -0.25) is 10.1 Å². The topological polar surface area (TPSA) is 79.3 Å². The summed E-state index contributed by atoms with van der Waals surface area (Å²) in [7, 11) is 0. The van der Waals surface area contributed by atoms with E-state index in [0.717, 1.165) is 5.56 Å². The van der Waals surface area contributed by atoms with Gasteiger partial charge in [0.1, 0.15) is 0 Å². The smallest absolute Gasteiger partial charge is 0.288 e. The molecule has 0 saturated heterocycles. The number of nitrogens with one attached hydrogen (secondary N) is 1. The number of hydrogen-bond donors (Lipinski definition) is 2. The van der Waals surface area contributed by atoms with Crippen LogP contribution in [0.2, 0.25) is 5.02 Å². The van der Waals surface area contributed by atoms with Gasteiger partial charge in [0.05, 0.1) is 15.6 Å². The molecule has 8 heteroatoms. The highest BCUT2D eigenvalue weighted by Gasteiger charge is 2.25. The number of thiocarbonyl (C=S) groups is 1. The van der Waals surface area contributed by atoms with Crippen molar-refractivity contribution < 1.29 is 14.6 Å². The van der Waals surface area contributed by atoms with Gasteiger partial charge in [0, 0.05) is 29.8 Å². The Balaban J connectivity index is 2.08. The summed E-state index contributed by atoms with van der Waals surface area (Å²) < 4.78 is 1.70. The second-order valence-electron chi connectivity index (χ2n) is 7.13. The number of rotatable bonds is 6. The molecule has 0 bridgehead atoms. The number of nitrogens with zero attached hydrogens (tertiary/aromatic N) is 2. The standard InChI is InChI=1S/C23H20ClN3O3S/c1-15(2)16-11-13-26(14-12-16)21(23(31)25-20-6-4-3-5-19(20)24)22(28)17-7-9-18(10-8-17)27(29)30/h3-15H,1-2H3,(H-,25,28,31)/p+1. The number of hydrogen-bond acceptors (Lipinski definition) is 4. The second-order valence-corrected chi connectivity index (χ2v) is 7.94. The van der Waals surface area contributed by atoms with E-state index in [0.29, 0.717) is 27.9 Å². The quantitative estimate of drug-likeness (QED) is 0.119. The number of aromatic nitrogens is 1. The largest absolute Gasteiger partial charge is 0.502 e. The van der Waals surface area contributed by atoms with Crippen LogP contribution in [-0.2, 0) is 0 Å². The van der Waals surface area contributed by atoms with Crippen LogP contribution in [0, 0.1) is 10.1 Å². The van der Waals surface area contributed by atoms with E-state index in [1.165, 1.54) is 24.3 Å². The number of anilines is 1. The maximum atomic E-state index is 11.1. The molecule has 2 N–H and O–H groups in total. The Kier molecular flexibility index (Phi) is 6.99. The fourth-order valence-corrected chi connectivity index (χ4v) is 3.44. The van der Waals surface area contributed by atoms with Gasteiger partial charge in [-0.25, -0.2) is 0 Å². The van der Waals surface area contributed by atoms with Gasteiger partial charge in [-0.05, 0) is 35.7 Å². The zero-order valence-corrected chi connectivity index (χ0v) is 18.5. The van der Waals surface area contributed by atoms with E-state index in [-0.39, 0.29) is 16.4 Å². The second kappa shape index (κ2) is 9.68. The van der Waals surface area contributed by atoms with Crippen molar-refractivity contribution in [3.05, 3.63) is 99.3 Å². The Bertz CT molecular complexity index is 1140. The Hall–Kier alpha value is -3.29. The fraction of sp³-hybridized carbons (Fsp3) is 0.130. The number of aliphatic hydroxyl groups is 1. The molecule has 0 saturated carbocycles. The van der Waals surface area contributed by atoms with Crippen LogP contribution in [0.1, 0.15) is 30.9 Å². The minimum absolute atomic E-state index is 0.0659. The number of non-ortho nitro benzene ring substituents is 1.